The molecule has 2 N–H and O–H groups in total. The standard InChI is InChI=1S/C14H27N3O/c1-4-17(3)14(15-2)9-7-11(8-10-14)13(18)16-12-5-6-12/h11-12,15H,4-10H2,1-3H3,(H,16,18). The maximum atomic E-state index is 12.0. The highest BCUT2D eigenvalue weighted by molar-refractivity contribution is 5.79. The Morgan fingerprint density at radius 1 is 1.28 bits per heavy atom. The van der Waals surface area contributed by atoms with Crippen molar-refractivity contribution in [3.05, 3.63) is 0 Å². The summed E-state index contributed by atoms with van der Waals surface area (Å²) in [6.45, 7) is 3.23. The van der Waals surface area contributed by atoms with E-state index in [1.54, 1.807) is 0 Å². The molecule has 2 aliphatic carbocycles. The fraction of sp³-hybridized carbons (Fsp3) is 0.929. The quantitative estimate of drug-likeness (QED) is 0.726. The predicted molar refractivity (Wildman–Crippen MR) is 73.2 cm³/mol. The molecule has 0 saturated heterocycles. The zero-order chi connectivity index (χ0) is 13.2. The van der Waals surface area contributed by atoms with E-state index in [0.717, 1.165) is 32.2 Å². The molecule has 2 saturated carbocycles. The van der Waals surface area contributed by atoms with E-state index in [2.05, 4.69) is 29.5 Å². The molecule has 4 heteroatoms. The van der Waals surface area contributed by atoms with Gasteiger partial charge in [-0.15, -0.1) is 0 Å². The lowest BCUT2D eigenvalue weighted by molar-refractivity contribution is -0.127. The van der Waals surface area contributed by atoms with Crippen LogP contribution in [0.5, 0.6) is 0 Å². The van der Waals surface area contributed by atoms with Gasteiger partial charge in [0, 0.05) is 12.0 Å². The van der Waals surface area contributed by atoms with Crippen molar-refractivity contribution in [2.45, 2.75) is 57.2 Å². The molecule has 0 bridgehead atoms. The molecule has 2 aliphatic rings. The third kappa shape index (κ3) is 2.86. The Morgan fingerprint density at radius 2 is 1.89 bits per heavy atom. The van der Waals surface area contributed by atoms with Crippen LogP contribution in [-0.4, -0.2) is 43.2 Å². The molecule has 2 rings (SSSR count). The first kappa shape index (κ1) is 13.8. The molecule has 0 atom stereocenters. The van der Waals surface area contributed by atoms with Crippen molar-refractivity contribution in [3.8, 4) is 0 Å². The minimum absolute atomic E-state index is 0.102. The average molecular weight is 253 g/mol. The van der Waals surface area contributed by atoms with E-state index in [1.165, 1.54) is 12.8 Å². The predicted octanol–water partition coefficient (Wildman–Crippen LogP) is 1.32. The van der Waals surface area contributed by atoms with Crippen LogP contribution in [0.2, 0.25) is 0 Å². The molecular formula is C14H27N3O. The van der Waals surface area contributed by atoms with Crippen molar-refractivity contribution in [2.24, 2.45) is 5.92 Å². The summed E-state index contributed by atoms with van der Waals surface area (Å²) in [5.41, 5.74) is 0.102. The molecule has 0 aromatic heterocycles. The van der Waals surface area contributed by atoms with Crippen molar-refractivity contribution >= 4 is 5.91 Å². The van der Waals surface area contributed by atoms with Gasteiger partial charge >= 0.3 is 0 Å². The van der Waals surface area contributed by atoms with E-state index in [4.69, 9.17) is 0 Å². The van der Waals surface area contributed by atoms with Gasteiger partial charge in [-0.05, 0) is 59.2 Å². The second-order valence-corrected chi connectivity index (χ2v) is 5.85. The van der Waals surface area contributed by atoms with E-state index in [0.29, 0.717) is 11.9 Å². The summed E-state index contributed by atoms with van der Waals surface area (Å²) in [4.78, 5) is 14.4. The topological polar surface area (TPSA) is 44.4 Å². The molecule has 2 fully saturated rings. The number of hydrogen-bond acceptors (Lipinski definition) is 3. The van der Waals surface area contributed by atoms with Gasteiger partial charge in [0.15, 0.2) is 0 Å². The molecule has 0 unspecified atom stereocenters. The lowest BCUT2D eigenvalue weighted by Gasteiger charge is -2.46. The van der Waals surface area contributed by atoms with Gasteiger partial charge in [0.1, 0.15) is 0 Å². The molecule has 0 aromatic rings. The third-order valence-electron chi connectivity index (χ3n) is 4.78. The minimum Gasteiger partial charge on any atom is -0.353 e. The highest BCUT2D eigenvalue weighted by Gasteiger charge is 2.39. The summed E-state index contributed by atoms with van der Waals surface area (Å²) in [6, 6.07) is 0.492. The van der Waals surface area contributed by atoms with Gasteiger partial charge in [-0.1, -0.05) is 6.92 Å². The highest BCUT2D eigenvalue weighted by Crippen LogP contribution is 2.34. The van der Waals surface area contributed by atoms with Crippen LogP contribution in [0.1, 0.15) is 45.4 Å². The van der Waals surface area contributed by atoms with Crippen molar-refractivity contribution in [1.82, 2.24) is 15.5 Å². The molecule has 0 heterocycles. The number of nitrogens with one attached hydrogen (secondary N) is 2. The van der Waals surface area contributed by atoms with E-state index in [9.17, 15) is 4.79 Å². The van der Waals surface area contributed by atoms with E-state index >= 15 is 0 Å². The molecule has 0 aliphatic heterocycles. The Morgan fingerprint density at radius 3 is 2.33 bits per heavy atom. The largest absolute Gasteiger partial charge is 0.353 e. The van der Waals surface area contributed by atoms with Gasteiger partial charge in [-0.25, -0.2) is 0 Å². The fourth-order valence-corrected chi connectivity index (χ4v) is 3.03. The average Bonchev–Trinajstić information content (AvgIpc) is 3.21. The molecular weight excluding hydrogens is 226 g/mol. The van der Waals surface area contributed by atoms with E-state index < -0.39 is 0 Å². The number of rotatable bonds is 5. The fourth-order valence-electron chi connectivity index (χ4n) is 3.03. The number of nitrogens with zero attached hydrogens (tertiary/aromatic N) is 1. The SMILES string of the molecule is CCN(C)C1(NC)CCC(C(=O)NC2CC2)CC1. The lowest BCUT2D eigenvalue weighted by atomic mass is 9.80. The first-order chi connectivity index (χ1) is 8.61. The Bertz CT molecular complexity index is 293. The summed E-state index contributed by atoms with van der Waals surface area (Å²) < 4.78 is 0. The van der Waals surface area contributed by atoms with Crippen LogP contribution < -0.4 is 10.6 Å². The maximum Gasteiger partial charge on any atom is 0.223 e. The molecule has 1 amide bonds. The molecule has 18 heavy (non-hydrogen) atoms. The third-order valence-corrected chi connectivity index (χ3v) is 4.78. The zero-order valence-corrected chi connectivity index (χ0v) is 12.0. The normalized spacial score (nSPS) is 32.6. The highest BCUT2D eigenvalue weighted by atomic mass is 16.2. The molecule has 0 spiro atoms. The molecule has 0 radical (unpaired) electrons. The second kappa shape index (κ2) is 5.57. The summed E-state index contributed by atoms with van der Waals surface area (Å²) in [7, 11) is 4.21. The minimum atomic E-state index is 0.102. The van der Waals surface area contributed by atoms with Gasteiger partial charge in [0.25, 0.3) is 0 Å². The molecule has 104 valence electrons. The maximum absolute atomic E-state index is 12.0. The summed E-state index contributed by atoms with van der Waals surface area (Å²) >= 11 is 0. The van der Waals surface area contributed by atoms with Crippen LogP contribution in [-0.2, 0) is 4.79 Å². The van der Waals surface area contributed by atoms with Gasteiger partial charge in [-0.2, -0.15) is 0 Å². The van der Waals surface area contributed by atoms with Gasteiger partial charge < -0.3 is 10.6 Å². The van der Waals surface area contributed by atoms with E-state index in [1.807, 2.05) is 7.05 Å². The summed E-state index contributed by atoms with van der Waals surface area (Å²) in [6.07, 6.45) is 6.50. The van der Waals surface area contributed by atoms with Gasteiger partial charge in [0.2, 0.25) is 5.91 Å². The van der Waals surface area contributed by atoms with Crippen molar-refractivity contribution < 1.29 is 4.79 Å². The lowest BCUT2D eigenvalue weighted by Crippen LogP contribution is -2.58. The first-order valence-corrected chi connectivity index (χ1v) is 7.32. The summed E-state index contributed by atoms with van der Waals surface area (Å²) in [5, 5.41) is 6.61. The second-order valence-electron chi connectivity index (χ2n) is 5.85. The van der Waals surface area contributed by atoms with Crippen molar-refractivity contribution in [2.75, 3.05) is 20.6 Å². The Balaban J connectivity index is 1.87. The van der Waals surface area contributed by atoms with Gasteiger partial charge in [0.05, 0.1) is 5.66 Å². The number of amides is 1. The Kier molecular flexibility index (Phi) is 4.28. The smallest absolute Gasteiger partial charge is 0.223 e. The van der Waals surface area contributed by atoms with Crippen molar-refractivity contribution in [1.29, 1.82) is 0 Å². The molecule has 4 nitrogen and oxygen atoms in total. The van der Waals surface area contributed by atoms with Crippen LogP contribution in [0.25, 0.3) is 0 Å². The molecule has 0 aromatic carbocycles. The van der Waals surface area contributed by atoms with Crippen LogP contribution in [0, 0.1) is 5.92 Å². The monoisotopic (exact) mass is 253 g/mol. The number of carbonyl (C=O) groups is 1. The Hall–Kier alpha value is -0.610. The van der Waals surface area contributed by atoms with Crippen LogP contribution >= 0.6 is 0 Å². The zero-order valence-electron chi connectivity index (χ0n) is 12.0. The van der Waals surface area contributed by atoms with Crippen molar-refractivity contribution in [3.63, 3.8) is 0 Å². The van der Waals surface area contributed by atoms with E-state index in [-0.39, 0.29) is 11.6 Å². The Labute approximate surface area is 110 Å². The first-order valence-electron chi connectivity index (χ1n) is 7.32. The van der Waals surface area contributed by atoms with Crippen LogP contribution in [0.4, 0.5) is 0 Å². The van der Waals surface area contributed by atoms with Gasteiger partial charge in [-0.3, -0.25) is 9.69 Å². The van der Waals surface area contributed by atoms with Crippen LogP contribution in [0.15, 0.2) is 0 Å². The van der Waals surface area contributed by atoms with Crippen LogP contribution in [0.3, 0.4) is 0 Å². The summed E-state index contributed by atoms with van der Waals surface area (Å²) in [5.74, 6) is 0.527. The number of carbonyl (C=O) groups excluding carboxylic acids is 1. The number of hydrogen-bond donors (Lipinski definition) is 2.